The molecular weight excluding hydrogens is 284 g/mol. The molecule has 0 aromatic heterocycles. The minimum Gasteiger partial charge on any atom is -0.393 e. The van der Waals surface area contributed by atoms with Gasteiger partial charge in [-0.15, -0.1) is 11.8 Å². The van der Waals surface area contributed by atoms with Gasteiger partial charge in [0.25, 0.3) is 0 Å². The fourth-order valence-corrected chi connectivity index (χ4v) is 3.01. The van der Waals surface area contributed by atoms with Gasteiger partial charge >= 0.3 is 0 Å². The second kappa shape index (κ2) is 6.54. The van der Waals surface area contributed by atoms with Crippen molar-refractivity contribution in [2.45, 2.75) is 24.3 Å². The number of hydrogen-bond acceptors (Lipinski definition) is 3. The third-order valence-corrected chi connectivity index (χ3v) is 4.49. The standard InChI is InChI=1S/C14H17F2NO2S/c1-9-7-17(5-4-12(9)18)14(19)8-20-13-3-2-10(15)6-11(13)16/h2-3,6,9,12,18H,4-5,7-8H2,1H3. The molecule has 0 spiro atoms. The van der Waals surface area contributed by atoms with E-state index in [1.54, 1.807) is 4.90 Å². The molecule has 1 fully saturated rings. The molecule has 3 nitrogen and oxygen atoms in total. The molecule has 6 heteroatoms. The van der Waals surface area contributed by atoms with Crippen LogP contribution in [0.4, 0.5) is 8.78 Å². The van der Waals surface area contributed by atoms with E-state index in [1.165, 1.54) is 12.1 Å². The summed E-state index contributed by atoms with van der Waals surface area (Å²) in [4.78, 5) is 14.0. The number of benzene rings is 1. The number of halogens is 2. The highest BCUT2D eigenvalue weighted by Gasteiger charge is 2.27. The van der Waals surface area contributed by atoms with Crippen LogP contribution in [0.3, 0.4) is 0 Å². The SMILES string of the molecule is CC1CN(C(=O)CSc2ccc(F)cc2F)CCC1O. The Morgan fingerprint density at radius 3 is 2.90 bits per heavy atom. The fraction of sp³-hybridized carbons (Fsp3) is 0.500. The number of piperidine rings is 1. The lowest BCUT2D eigenvalue weighted by Crippen LogP contribution is -2.45. The van der Waals surface area contributed by atoms with Gasteiger partial charge in [0, 0.05) is 24.1 Å². The molecule has 0 bridgehead atoms. The van der Waals surface area contributed by atoms with E-state index in [-0.39, 0.29) is 28.6 Å². The Hall–Kier alpha value is -1.14. The molecule has 1 saturated heterocycles. The van der Waals surface area contributed by atoms with Gasteiger partial charge in [0.15, 0.2) is 0 Å². The quantitative estimate of drug-likeness (QED) is 0.871. The van der Waals surface area contributed by atoms with Gasteiger partial charge in [-0.25, -0.2) is 8.78 Å². The number of likely N-dealkylation sites (tertiary alicyclic amines) is 1. The van der Waals surface area contributed by atoms with Gasteiger partial charge in [-0.2, -0.15) is 0 Å². The third kappa shape index (κ3) is 3.70. The van der Waals surface area contributed by atoms with E-state index in [4.69, 9.17) is 0 Å². The molecule has 0 radical (unpaired) electrons. The van der Waals surface area contributed by atoms with E-state index in [0.717, 1.165) is 17.8 Å². The van der Waals surface area contributed by atoms with Gasteiger partial charge in [0.2, 0.25) is 5.91 Å². The Morgan fingerprint density at radius 1 is 1.50 bits per heavy atom. The molecule has 1 N–H and O–H groups in total. The lowest BCUT2D eigenvalue weighted by molar-refractivity contribution is -0.131. The van der Waals surface area contributed by atoms with Crippen molar-refractivity contribution in [3.05, 3.63) is 29.8 Å². The Morgan fingerprint density at radius 2 is 2.25 bits per heavy atom. The number of hydrogen-bond donors (Lipinski definition) is 1. The molecule has 0 aliphatic carbocycles. The van der Waals surface area contributed by atoms with Gasteiger partial charge in [0.05, 0.1) is 11.9 Å². The molecule has 0 saturated carbocycles. The Balaban J connectivity index is 1.89. The van der Waals surface area contributed by atoms with Crippen LogP contribution < -0.4 is 0 Å². The van der Waals surface area contributed by atoms with Gasteiger partial charge in [-0.1, -0.05) is 6.92 Å². The molecular formula is C14H17F2NO2S. The number of thioether (sulfide) groups is 1. The third-order valence-electron chi connectivity index (χ3n) is 3.46. The smallest absolute Gasteiger partial charge is 0.232 e. The lowest BCUT2D eigenvalue weighted by atomic mass is 9.97. The van der Waals surface area contributed by atoms with Crippen molar-refractivity contribution >= 4 is 17.7 Å². The summed E-state index contributed by atoms with van der Waals surface area (Å²) in [6.07, 6.45) is 0.212. The van der Waals surface area contributed by atoms with E-state index in [1.807, 2.05) is 6.92 Å². The van der Waals surface area contributed by atoms with Gasteiger partial charge in [-0.05, 0) is 24.5 Å². The Bertz CT molecular complexity index is 498. The van der Waals surface area contributed by atoms with Crippen molar-refractivity contribution in [1.29, 1.82) is 0 Å². The highest BCUT2D eigenvalue weighted by molar-refractivity contribution is 8.00. The molecule has 110 valence electrons. The summed E-state index contributed by atoms with van der Waals surface area (Å²) in [5, 5.41) is 9.62. The molecule has 2 unspecified atom stereocenters. The Labute approximate surface area is 121 Å². The van der Waals surface area contributed by atoms with Gasteiger partial charge in [-0.3, -0.25) is 4.79 Å². The van der Waals surface area contributed by atoms with Gasteiger partial charge in [0.1, 0.15) is 11.6 Å². The average Bonchev–Trinajstić information content (AvgIpc) is 2.40. The molecule has 20 heavy (non-hydrogen) atoms. The maximum absolute atomic E-state index is 13.4. The number of nitrogens with zero attached hydrogens (tertiary/aromatic N) is 1. The van der Waals surface area contributed by atoms with E-state index >= 15 is 0 Å². The monoisotopic (exact) mass is 301 g/mol. The van der Waals surface area contributed by atoms with Crippen molar-refractivity contribution in [2.75, 3.05) is 18.8 Å². The number of amides is 1. The minimum atomic E-state index is -0.648. The number of carbonyl (C=O) groups is 1. The van der Waals surface area contributed by atoms with Crippen LogP contribution in [-0.2, 0) is 4.79 Å². The summed E-state index contributed by atoms with van der Waals surface area (Å²) in [5.74, 6) is -1.19. The molecule has 1 aliphatic heterocycles. The maximum Gasteiger partial charge on any atom is 0.232 e. The van der Waals surface area contributed by atoms with E-state index < -0.39 is 11.6 Å². The van der Waals surface area contributed by atoms with E-state index in [9.17, 15) is 18.7 Å². The van der Waals surface area contributed by atoms with Crippen molar-refractivity contribution in [2.24, 2.45) is 5.92 Å². The largest absolute Gasteiger partial charge is 0.393 e. The molecule has 1 amide bonds. The first-order valence-electron chi connectivity index (χ1n) is 6.51. The number of rotatable bonds is 3. The molecule has 1 aliphatic rings. The van der Waals surface area contributed by atoms with Gasteiger partial charge < -0.3 is 10.0 Å². The zero-order valence-electron chi connectivity index (χ0n) is 11.2. The molecule has 1 aromatic carbocycles. The van der Waals surface area contributed by atoms with E-state index in [0.29, 0.717) is 19.5 Å². The lowest BCUT2D eigenvalue weighted by Gasteiger charge is -2.34. The zero-order chi connectivity index (χ0) is 14.7. The van der Waals surface area contributed by atoms with Crippen molar-refractivity contribution < 1.29 is 18.7 Å². The Kier molecular flexibility index (Phi) is 4.99. The van der Waals surface area contributed by atoms with Crippen LogP contribution in [0.2, 0.25) is 0 Å². The van der Waals surface area contributed by atoms with Crippen LogP contribution >= 0.6 is 11.8 Å². The summed E-state index contributed by atoms with van der Waals surface area (Å²) in [5.41, 5.74) is 0. The molecule has 1 aromatic rings. The van der Waals surface area contributed by atoms with Crippen LogP contribution in [0.1, 0.15) is 13.3 Å². The number of carbonyl (C=O) groups excluding carboxylic acids is 1. The summed E-state index contributed by atoms with van der Waals surface area (Å²) < 4.78 is 26.2. The first kappa shape index (κ1) is 15.3. The summed E-state index contributed by atoms with van der Waals surface area (Å²) in [6, 6.07) is 3.33. The summed E-state index contributed by atoms with van der Waals surface area (Å²) >= 11 is 1.06. The van der Waals surface area contributed by atoms with E-state index in [2.05, 4.69) is 0 Å². The topological polar surface area (TPSA) is 40.5 Å². The highest BCUT2D eigenvalue weighted by Crippen LogP contribution is 2.24. The second-order valence-electron chi connectivity index (χ2n) is 5.04. The van der Waals surface area contributed by atoms with Crippen LogP contribution in [0.5, 0.6) is 0 Å². The predicted octanol–water partition coefficient (Wildman–Crippen LogP) is 2.29. The normalized spacial score (nSPS) is 22.9. The minimum absolute atomic E-state index is 0.0558. The van der Waals surface area contributed by atoms with Crippen molar-refractivity contribution in [3.8, 4) is 0 Å². The number of aliphatic hydroxyl groups excluding tert-OH is 1. The molecule has 2 rings (SSSR count). The fourth-order valence-electron chi connectivity index (χ4n) is 2.18. The van der Waals surface area contributed by atoms with Crippen LogP contribution in [0.15, 0.2) is 23.1 Å². The summed E-state index contributed by atoms with van der Waals surface area (Å²) in [6.45, 7) is 2.94. The van der Waals surface area contributed by atoms with Crippen LogP contribution in [0, 0.1) is 17.6 Å². The average molecular weight is 301 g/mol. The highest BCUT2D eigenvalue weighted by atomic mass is 32.2. The predicted molar refractivity (Wildman–Crippen MR) is 73.4 cm³/mol. The zero-order valence-corrected chi connectivity index (χ0v) is 12.0. The second-order valence-corrected chi connectivity index (χ2v) is 6.05. The van der Waals surface area contributed by atoms with Crippen molar-refractivity contribution in [1.82, 2.24) is 4.90 Å². The van der Waals surface area contributed by atoms with Crippen molar-refractivity contribution in [3.63, 3.8) is 0 Å². The van der Waals surface area contributed by atoms with Crippen LogP contribution in [0.25, 0.3) is 0 Å². The summed E-state index contributed by atoms with van der Waals surface area (Å²) in [7, 11) is 0. The maximum atomic E-state index is 13.4. The first-order valence-corrected chi connectivity index (χ1v) is 7.49. The first-order chi connectivity index (χ1) is 9.47. The molecule has 1 heterocycles. The molecule has 2 atom stereocenters. The van der Waals surface area contributed by atoms with Crippen LogP contribution in [-0.4, -0.2) is 40.9 Å². The number of aliphatic hydroxyl groups is 1.